The molecule has 0 bridgehead atoms. The minimum atomic E-state index is -2.65. The van der Waals surface area contributed by atoms with Crippen LogP contribution in [0.1, 0.15) is 23.4 Å². The lowest BCUT2D eigenvalue weighted by Gasteiger charge is -2.10. The molecule has 0 N–H and O–H groups in total. The Labute approximate surface area is 156 Å². The molecule has 0 radical (unpaired) electrons. The summed E-state index contributed by atoms with van der Waals surface area (Å²) in [6.45, 7) is 3.20. The Bertz CT molecular complexity index is 857. The molecule has 1 heterocycles. The van der Waals surface area contributed by atoms with E-state index in [1.807, 2.05) is 0 Å². The third-order valence-electron chi connectivity index (χ3n) is 3.52. The van der Waals surface area contributed by atoms with Crippen LogP contribution in [0.3, 0.4) is 0 Å². The molecule has 0 unspecified atom stereocenters. The molecule has 2 aromatic rings. The summed E-state index contributed by atoms with van der Waals surface area (Å²) in [6.07, 6.45) is -0.0424. The third-order valence-corrected chi connectivity index (χ3v) is 4.09. The zero-order valence-corrected chi connectivity index (χ0v) is 15.1. The Morgan fingerprint density at radius 2 is 1.93 bits per heavy atom. The van der Waals surface area contributed by atoms with Crippen LogP contribution < -0.4 is 4.74 Å². The van der Waals surface area contributed by atoms with Crippen molar-refractivity contribution in [3.63, 3.8) is 0 Å². The molecule has 1 aromatic carbocycles. The van der Waals surface area contributed by atoms with Crippen molar-refractivity contribution in [2.75, 3.05) is 0 Å². The van der Waals surface area contributed by atoms with Gasteiger partial charge in [-0.1, -0.05) is 0 Å². The van der Waals surface area contributed by atoms with Gasteiger partial charge in [0.1, 0.15) is 5.82 Å². The first-order chi connectivity index (χ1) is 12.7. The van der Waals surface area contributed by atoms with Crippen LogP contribution in [-0.2, 0) is 11.2 Å². The van der Waals surface area contributed by atoms with Crippen molar-refractivity contribution in [2.24, 2.45) is 0 Å². The second-order valence-electron chi connectivity index (χ2n) is 5.38. The minimum absolute atomic E-state index is 0.0679. The molecule has 0 aliphatic carbocycles. The number of aryl methyl sites for hydroxylation is 2. The van der Waals surface area contributed by atoms with Gasteiger partial charge in [-0.2, -0.15) is 8.78 Å². The van der Waals surface area contributed by atoms with Gasteiger partial charge < -0.3 is 4.74 Å². The van der Waals surface area contributed by atoms with Crippen LogP contribution in [0.15, 0.2) is 23.4 Å². The number of nitrogens with zero attached hydrogens (tertiary/aromatic N) is 3. The van der Waals surface area contributed by atoms with Crippen LogP contribution >= 0.6 is 11.8 Å². The first-order valence-corrected chi connectivity index (χ1v) is 8.49. The highest BCUT2D eigenvalue weighted by molar-refractivity contribution is 7.99. The standard InChI is InChI=1S/C16H14F3N3O4S/c1-8-11(9(2)21-16(20-8)27-15(18)19)4-6-14(23)26-13-7-10(17)3-5-12(13)22(24)25/h3,5,7,15H,4,6H2,1-2H3. The Balaban J connectivity index is 2.08. The van der Waals surface area contributed by atoms with Gasteiger partial charge in [0, 0.05) is 23.5 Å². The molecule has 0 spiro atoms. The number of rotatable bonds is 7. The van der Waals surface area contributed by atoms with Crippen molar-refractivity contribution in [3.05, 3.63) is 51.1 Å². The van der Waals surface area contributed by atoms with Crippen LogP contribution in [-0.4, -0.2) is 26.6 Å². The largest absolute Gasteiger partial charge is 0.419 e. The van der Waals surface area contributed by atoms with Gasteiger partial charge in [0.15, 0.2) is 5.16 Å². The number of ether oxygens (including phenoxy) is 1. The molecular weight excluding hydrogens is 387 g/mol. The Morgan fingerprint density at radius 3 is 2.48 bits per heavy atom. The van der Waals surface area contributed by atoms with Gasteiger partial charge in [-0.25, -0.2) is 14.4 Å². The highest BCUT2D eigenvalue weighted by Crippen LogP contribution is 2.28. The van der Waals surface area contributed by atoms with Gasteiger partial charge in [0.2, 0.25) is 5.75 Å². The predicted octanol–water partition coefficient (Wildman–Crippen LogP) is 3.99. The summed E-state index contributed by atoms with van der Waals surface area (Å²) in [5.74, 6) is -4.73. The highest BCUT2D eigenvalue weighted by Gasteiger charge is 2.20. The van der Waals surface area contributed by atoms with E-state index in [2.05, 4.69) is 9.97 Å². The number of esters is 1. The fourth-order valence-corrected chi connectivity index (χ4v) is 2.86. The summed E-state index contributed by atoms with van der Waals surface area (Å²) in [5.41, 5.74) is 0.929. The quantitative estimate of drug-likeness (QED) is 0.173. The van der Waals surface area contributed by atoms with E-state index >= 15 is 0 Å². The van der Waals surface area contributed by atoms with E-state index in [0.29, 0.717) is 17.0 Å². The molecule has 144 valence electrons. The lowest BCUT2D eigenvalue weighted by molar-refractivity contribution is -0.385. The Morgan fingerprint density at radius 1 is 1.30 bits per heavy atom. The van der Waals surface area contributed by atoms with Crippen molar-refractivity contribution in [1.82, 2.24) is 9.97 Å². The molecule has 27 heavy (non-hydrogen) atoms. The van der Waals surface area contributed by atoms with Crippen molar-refractivity contribution in [3.8, 4) is 5.75 Å². The predicted molar refractivity (Wildman–Crippen MR) is 90.4 cm³/mol. The topological polar surface area (TPSA) is 95.2 Å². The molecule has 0 aliphatic rings. The molecule has 0 atom stereocenters. The molecule has 0 saturated carbocycles. The van der Waals surface area contributed by atoms with Gasteiger partial charge in [0.05, 0.1) is 11.3 Å². The lowest BCUT2D eigenvalue weighted by atomic mass is 10.1. The van der Waals surface area contributed by atoms with E-state index in [-0.39, 0.29) is 29.8 Å². The molecule has 2 rings (SSSR count). The second-order valence-corrected chi connectivity index (χ2v) is 6.33. The van der Waals surface area contributed by atoms with Crippen LogP contribution in [0.25, 0.3) is 0 Å². The van der Waals surface area contributed by atoms with E-state index in [0.717, 1.165) is 18.2 Å². The van der Waals surface area contributed by atoms with Gasteiger partial charge in [-0.3, -0.25) is 14.9 Å². The van der Waals surface area contributed by atoms with Crippen molar-refractivity contribution >= 4 is 23.4 Å². The first kappa shape index (κ1) is 20.6. The number of aromatic nitrogens is 2. The van der Waals surface area contributed by atoms with E-state index in [9.17, 15) is 28.1 Å². The SMILES string of the molecule is Cc1nc(SC(F)F)nc(C)c1CCC(=O)Oc1cc(F)ccc1[N+](=O)[O-]. The second kappa shape index (κ2) is 8.80. The smallest absolute Gasteiger partial charge is 0.311 e. The van der Waals surface area contributed by atoms with E-state index in [1.54, 1.807) is 13.8 Å². The first-order valence-electron chi connectivity index (χ1n) is 7.61. The molecule has 1 aromatic heterocycles. The maximum atomic E-state index is 13.3. The van der Waals surface area contributed by atoms with Crippen molar-refractivity contribution in [1.29, 1.82) is 0 Å². The number of nitro groups is 1. The molecule has 0 amide bonds. The molecule has 11 heteroatoms. The third kappa shape index (κ3) is 5.64. The summed E-state index contributed by atoms with van der Waals surface area (Å²) >= 11 is 0.221. The zero-order chi connectivity index (χ0) is 20.1. The lowest BCUT2D eigenvalue weighted by Crippen LogP contribution is -2.12. The number of nitro benzene ring substituents is 1. The molecule has 7 nitrogen and oxygen atoms in total. The Hall–Kier alpha value is -2.69. The summed E-state index contributed by atoms with van der Waals surface area (Å²) in [4.78, 5) is 30.1. The summed E-state index contributed by atoms with van der Waals surface area (Å²) < 4.78 is 43.0. The number of halogens is 3. The molecule has 0 saturated heterocycles. The minimum Gasteiger partial charge on any atom is -0.419 e. The van der Waals surface area contributed by atoms with Crippen LogP contribution in [0.4, 0.5) is 18.9 Å². The monoisotopic (exact) mass is 401 g/mol. The van der Waals surface area contributed by atoms with Crippen molar-refractivity contribution in [2.45, 2.75) is 37.6 Å². The summed E-state index contributed by atoms with van der Waals surface area (Å²) in [5, 5.41) is 10.8. The van der Waals surface area contributed by atoms with E-state index < -0.39 is 33.9 Å². The number of alkyl halides is 2. The fourth-order valence-electron chi connectivity index (χ4n) is 2.32. The average molecular weight is 401 g/mol. The van der Waals surface area contributed by atoms with E-state index in [1.165, 1.54) is 0 Å². The van der Waals surface area contributed by atoms with Gasteiger partial charge in [0.25, 0.3) is 5.76 Å². The summed E-state index contributed by atoms with van der Waals surface area (Å²) in [7, 11) is 0. The Kier molecular flexibility index (Phi) is 6.72. The van der Waals surface area contributed by atoms with Gasteiger partial charge >= 0.3 is 11.7 Å². The normalized spacial score (nSPS) is 10.9. The highest BCUT2D eigenvalue weighted by atomic mass is 32.2. The molecular formula is C16H14F3N3O4S. The van der Waals surface area contributed by atoms with Gasteiger partial charge in [-0.05, 0) is 43.7 Å². The number of hydrogen-bond acceptors (Lipinski definition) is 7. The number of hydrogen-bond donors (Lipinski definition) is 0. The number of carbonyl (C=O) groups is 1. The van der Waals surface area contributed by atoms with E-state index in [4.69, 9.17) is 4.74 Å². The van der Waals surface area contributed by atoms with Crippen LogP contribution in [0, 0.1) is 29.8 Å². The maximum Gasteiger partial charge on any atom is 0.311 e. The number of benzene rings is 1. The zero-order valence-electron chi connectivity index (χ0n) is 14.2. The van der Waals surface area contributed by atoms with Crippen LogP contribution in [0.5, 0.6) is 5.75 Å². The average Bonchev–Trinajstić information content (AvgIpc) is 2.53. The van der Waals surface area contributed by atoms with Crippen LogP contribution in [0.2, 0.25) is 0 Å². The van der Waals surface area contributed by atoms with Gasteiger partial charge in [-0.15, -0.1) is 0 Å². The summed E-state index contributed by atoms with van der Waals surface area (Å²) in [6, 6.07) is 2.55. The van der Waals surface area contributed by atoms with Crippen molar-refractivity contribution < 1.29 is 27.6 Å². The fraction of sp³-hybridized carbons (Fsp3) is 0.312. The number of thioether (sulfide) groups is 1. The molecule has 0 aliphatic heterocycles. The molecule has 0 fully saturated rings. The maximum absolute atomic E-state index is 13.3. The number of carbonyl (C=O) groups excluding carboxylic acids is 1.